The molecule has 2 aromatic carbocycles. The molecule has 214 valence electrons. The molecule has 1 saturated carbocycles. The SMILES string of the molecule is COC(=O)C1=C(OC)C(=N/N)/C(=C2\C[C@@H]3[C@H](C2)N[C@@](C)(C(=O)Nc2cccc(Cl)c2)[C@H]3c2cccc(Cl)c2F)C=C1. The standard InChI is InChI=1S/C30H29Cl2FN4O4/c1-30(29(39)35-17-7-4-6-16(31)14-17)24(19-8-5-9-22(32)25(19)33)21-12-15(13-23(21)36-30)18-10-11-20(28(38)41-3)27(40-2)26(18)37-34/h4-11,14,21,23-24,36H,12-13,34H2,1-3H3,(H,35,39)/b18-15+,37-26+/t21-,23+,24+,30-/m1/s1. The largest absolute Gasteiger partial charge is 0.493 e. The lowest BCUT2D eigenvalue weighted by Crippen LogP contribution is -2.53. The number of hydrazone groups is 1. The summed E-state index contributed by atoms with van der Waals surface area (Å²) in [6, 6.07) is 11.5. The fourth-order valence-corrected chi connectivity index (χ4v) is 6.73. The molecule has 1 heterocycles. The van der Waals surface area contributed by atoms with Gasteiger partial charge >= 0.3 is 5.97 Å². The van der Waals surface area contributed by atoms with Crippen LogP contribution in [0.2, 0.25) is 10.0 Å². The molecule has 3 aliphatic rings. The average molecular weight is 599 g/mol. The predicted octanol–water partition coefficient (Wildman–Crippen LogP) is 5.25. The Labute approximate surface area is 247 Å². The summed E-state index contributed by atoms with van der Waals surface area (Å²) in [7, 11) is 2.71. The fraction of sp³-hybridized carbons (Fsp3) is 0.300. The van der Waals surface area contributed by atoms with Crippen LogP contribution in [0.4, 0.5) is 10.1 Å². The Balaban J connectivity index is 1.54. The first kappa shape index (κ1) is 28.9. The summed E-state index contributed by atoms with van der Waals surface area (Å²) in [5, 5.41) is 10.9. The highest BCUT2D eigenvalue weighted by Gasteiger charge is 2.58. The molecular weight excluding hydrogens is 570 g/mol. The van der Waals surface area contributed by atoms with Crippen LogP contribution in [0.15, 0.2) is 82.2 Å². The molecule has 2 fully saturated rings. The molecule has 8 nitrogen and oxygen atoms in total. The number of nitrogens with zero attached hydrogens (tertiary/aromatic N) is 1. The van der Waals surface area contributed by atoms with E-state index in [4.69, 9.17) is 38.5 Å². The molecule has 1 saturated heterocycles. The van der Waals surface area contributed by atoms with Gasteiger partial charge in [0.1, 0.15) is 22.6 Å². The zero-order chi connectivity index (χ0) is 29.5. The van der Waals surface area contributed by atoms with Gasteiger partial charge in [-0.05, 0) is 61.6 Å². The second kappa shape index (κ2) is 11.3. The number of methoxy groups -OCH3 is 2. The van der Waals surface area contributed by atoms with Gasteiger partial charge in [-0.3, -0.25) is 10.1 Å². The fourth-order valence-electron chi connectivity index (χ4n) is 6.36. The van der Waals surface area contributed by atoms with E-state index >= 15 is 4.39 Å². The molecular formula is C30H29Cl2FN4O4. The maximum atomic E-state index is 15.6. The van der Waals surface area contributed by atoms with E-state index in [0.29, 0.717) is 40.4 Å². The Morgan fingerprint density at radius 3 is 2.59 bits per heavy atom. The van der Waals surface area contributed by atoms with Crippen LogP contribution >= 0.6 is 23.2 Å². The number of hydrogen-bond acceptors (Lipinski definition) is 7. The summed E-state index contributed by atoms with van der Waals surface area (Å²) >= 11 is 12.3. The van der Waals surface area contributed by atoms with E-state index in [0.717, 1.165) is 5.57 Å². The lowest BCUT2D eigenvalue weighted by molar-refractivity contribution is -0.135. The van der Waals surface area contributed by atoms with Crippen LogP contribution in [0.25, 0.3) is 0 Å². The summed E-state index contributed by atoms with van der Waals surface area (Å²) in [5.74, 6) is 3.79. The average Bonchev–Trinajstić information content (AvgIpc) is 3.48. The van der Waals surface area contributed by atoms with Gasteiger partial charge in [-0.1, -0.05) is 53.1 Å². The third-order valence-electron chi connectivity index (χ3n) is 8.12. The third kappa shape index (κ3) is 5.03. The van der Waals surface area contributed by atoms with Crippen molar-refractivity contribution in [3.63, 3.8) is 0 Å². The number of halogens is 3. The van der Waals surface area contributed by atoms with Crippen LogP contribution in [0.3, 0.4) is 0 Å². The van der Waals surface area contributed by atoms with Gasteiger partial charge in [0.15, 0.2) is 5.76 Å². The highest BCUT2D eigenvalue weighted by Crippen LogP contribution is 2.53. The number of esters is 1. The molecule has 1 aliphatic heterocycles. The number of carbonyl (C=O) groups excluding carboxylic acids is 2. The molecule has 0 unspecified atom stereocenters. The quantitative estimate of drug-likeness (QED) is 0.246. The highest BCUT2D eigenvalue weighted by atomic mass is 35.5. The Hall–Kier alpha value is -3.66. The molecule has 0 spiro atoms. The Morgan fingerprint density at radius 2 is 1.90 bits per heavy atom. The number of allylic oxidation sites excluding steroid dienone is 2. The molecule has 4 atom stereocenters. The summed E-state index contributed by atoms with van der Waals surface area (Å²) in [6.07, 6.45) is 4.42. The van der Waals surface area contributed by atoms with Crippen molar-refractivity contribution >= 4 is 46.5 Å². The number of nitrogens with two attached hydrogens (primary N) is 1. The van der Waals surface area contributed by atoms with E-state index in [2.05, 4.69) is 15.7 Å². The van der Waals surface area contributed by atoms with Crippen molar-refractivity contribution in [1.82, 2.24) is 5.32 Å². The number of benzene rings is 2. The van der Waals surface area contributed by atoms with Gasteiger partial charge in [0, 0.05) is 28.2 Å². The van der Waals surface area contributed by atoms with Crippen LogP contribution < -0.4 is 16.5 Å². The molecule has 0 aromatic heterocycles. The van der Waals surface area contributed by atoms with Crippen molar-refractivity contribution in [3.05, 3.63) is 98.5 Å². The van der Waals surface area contributed by atoms with Gasteiger partial charge in [-0.2, -0.15) is 5.10 Å². The molecule has 11 heteroatoms. The minimum Gasteiger partial charge on any atom is -0.493 e. The van der Waals surface area contributed by atoms with Gasteiger partial charge in [0.25, 0.3) is 0 Å². The summed E-state index contributed by atoms with van der Waals surface area (Å²) in [5.41, 5.74) is 1.92. The van der Waals surface area contributed by atoms with E-state index in [9.17, 15) is 9.59 Å². The molecule has 41 heavy (non-hydrogen) atoms. The Kier molecular flexibility index (Phi) is 7.96. The smallest absolute Gasteiger partial charge is 0.341 e. The summed E-state index contributed by atoms with van der Waals surface area (Å²) in [6.45, 7) is 1.78. The van der Waals surface area contributed by atoms with E-state index in [1.807, 2.05) is 0 Å². The highest BCUT2D eigenvalue weighted by molar-refractivity contribution is 6.31. The molecule has 2 aromatic rings. The lowest BCUT2D eigenvalue weighted by Gasteiger charge is -2.34. The van der Waals surface area contributed by atoms with Crippen molar-refractivity contribution in [2.45, 2.75) is 37.3 Å². The number of ether oxygens (including phenoxy) is 2. The third-order valence-corrected chi connectivity index (χ3v) is 8.65. The number of rotatable bonds is 5. The zero-order valence-electron chi connectivity index (χ0n) is 22.6. The molecule has 0 bridgehead atoms. The number of carbonyl (C=O) groups is 2. The first-order chi connectivity index (χ1) is 19.6. The van der Waals surface area contributed by atoms with E-state index < -0.39 is 23.2 Å². The van der Waals surface area contributed by atoms with Gasteiger partial charge in [-0.25, -0.2) is 9.18 Å². The summed E-state index contributed by atoms with van der Waals surface area (Å²) in [4.78, 5) is 26.2. The maximum absolute atomic E-state index is 15.6. The lowest BCUT2D eigenvalue weighted by atomic mass is 9.74. The predicted molar refractivity (Wildman–Crippen MR) is 156 cm³/mol. The number of nitrogens with one attached hydrogen (secondary N) is 2. The normalized spacial score (nSPS) is 28.1. The number of fused-ring (bicyclic) bond motifs is 1. The van der Waals surface area contributed by atoms with Crippen molar-refractivity contribution in [3.8, 4) is 0 Å². The van der Waals surface area contributed by atoms with Crippen molar-refractivity contribution in [2.75, 3.05) is 19.5 Å². The van der Waals surface area contributed by atoms with Crippen molar-refractivity contribution < 1.29 is 23.5 Å². The van der Waals surface area contributed by atoms with Crippen LogP contribution in [0.1, 0.15) is 31.2 Å². The van der Waals surface area contributed by atoms with Crippen molar-refractivity contribution in [1.29, 1.82) is 0 Å². The molecule has 0 radical (unpaired) electrons. The number of anilines is 1. The maximum Gasteiger partial charge on any atom is 0.341 e. The van der Waals surface area contributed by atoms with Crippen molar-refractivity contribution in [2.24, 2.45) is 16.9 Å². The second-order valence-corrected chi connectivity index (χ2v) is 11.2. The van der Waals surface area contributed by atoms with Crippen LogP contribution in [0, 0.1) is 11.7 Å². The minimum absolute atomic E-state index is 0.0156. The van der Waals surface area contributed by atoms with E-state index in [-0.39, 0.29) is 34.2 Å². The Morgan fingerprint density at radius 1 is 1.15 bits per heavy atom. The van der Waals surface area contributed by atoms with Gasteiger partial charge < -0.3 is 20.6 Å². The minimum atomic E-state index is -1.18. The Bertz CT molecular complexity index is 1550. The molecule has 2 aliphatic carbocycles. The van der Waals surface area contributed by atoms with Crippen LogP contribution in [-0.2, 0) is 19.1 Å². The van der Waals surface area contributed by atoms with Gasteiger partial charge in [0.05, 0.1) is 19.2 Å². The zero-order valence-corrected chi connectivity index (χ0v) is 24.1. The first-order valence-electron chi connectivity index (χ1n) is 13.0. The van der Waals surface area contributed by atoms with E-state index in [1.165, 1.54) is 20.3 Å². The summed E-state index contributed by atoms with van der Waals surface area (Å²) < 4.78 is 26.0. The van der Waals surface area contributed by atoms with Crippen LogP contribution in [-0.4, -0.2) is 43.4 Å². The van der Waals surface area contributed by atoms with Gasteiger partial charge in [0.2, 0.25) is 5.91 Å². The molecule has 4 N–H and O–H groups in total. The second-order valence-electron chi connectivity index (χ2n) is 10.4. The van der Waals surface area contributed by atoms with Gasteiger partial charge in [-0.15, -0.1) is 0 Å². The monoisotopic (exact) mass is 598 g/mol. The van der Waals surface area contributed by atoms with E-state index in [1.54, 1.807) is 55.5 Å². The number of amides is 1. The first-order valence-corrected chi connectivity index (χ1v) is 13.7. The number of hydrogen-bond donors (Lipinski definition) is 3. The molecule has 5 rings (SSSR count). The van der Waals surface area contributed by atoms with Crippen LogP contribution in [0.5, 0.6) is 0 Å². The topological polar surface area (TPSA) is 115 Å². The molecule has 1 amide bonds.